The van der Waals surface area contributed by atoms with Gasteiger partial charge < -0.3 is 14.8 Å². The van der Waals surface area contributed by atoms with Crippen molar-refractivity contribution in [3.8, 4) is 11.5 Å². The molecule has 1 aromatic heterocycles. The van der Waals surface area contributed by atoms with Gasteiger partial charge >= 0.3 is 0 Å². The predicted molar refractivity (Wildman–Crippen MR) is 88.6 cm³/mol. The molecule has 1 heterocycles. The largest absolute Gasteiger partial charge is 0.493 e. The molecule has 2 aromatic rings. The lowest BCUT2D eigenvalue weighted by Crippen LogP contribution is -2.30. The molecule has 4 heteroatoms. The molecule has 0 spiro atoms. The fraction of sp³-hybridized carbons (Fsp3) is 0.412. The number of hydrogen-bond acceptors (Lipinski definition) is 4. The number of ether oxygens (including phenoxy) is 2. The summed E-state index contributed by atoms with van der Waals surface area (Å²) >= 11 is 1.79. The monoisotopic (exact) mass is 305 g/mol. The van der Waals surface area contributed by atoms with Gasteiger partial charge in [0.05, 0.1) is 14.2 Å². The summed E-state index contributed by atoms with van der Waals surface area (Å²) in [6.07, 6.45) is 0.954. The zero-order valence-corrected chi connectivity index (χ0v) is 13.9. The normalized spacial score (nSPS) is 13.7. The highest BCUT2D eigenvalue weighted by atomic mass is 32.1. The molecule has 0 aliphatic heterocycles. The fourth-order valence-corrected chi connectivity index (χ4v) is 3.21. The van der Waals surface area contributed by atoms with Crippen molar-refractivity contribution in [1.29, 1.82) is 0 Å². The molecule has 0 aliphatic rings. The highest BCUT2D eigenvalue weighted by molar-refractivity contribution is 7.10. The topological polar surface area (TPSA) is 30.5 Å². The molecule has 1 N–H and O–H groups in total. The summed E-state index contributed by atoms with van der Waals surface area (Å²) in [6, 6.07) is 11.1. The first kappa shape index (κ1) is 15.9. The minimum Gasteiger partial charge on any atom is -0.493 e. The van der Waals surface area contributed by atoms with Gasteiger partial charge in [-0.1, -0.05) is 12.1 Å². The van der Waals surface area contributed by atoms with Crippen LogP contribution in [0.4, 0.5) is 0 Å². The maximum absolute atomic E-state index is 5.35. The summed E-state index contributed by atoms with van der Waals surface area (Å²) in [5, 5.41) is 5.75. The smallest absolute Gasteiger partial charge is 0.160 e. The Kier molecular flexibility index (Phi) is 5.65. The van der Waals surface area contributed by atoms with Crippen molar-refractivity contribution in [2.75, 3.05) is 14.2 Å². The van der Waals surface area contributed by atoms with Crippen LogP contribution in [-0.4, -0.2) is 20.3 Å². The van der Waals surface area contributed by atoms with E-state index in [2.05, 4.69) is 42.7 Å². The van der Waals surface area contributed by atoms with Crippen LogP contribution >= 0.6 is 11.3 Å². The molecule has 0 saturated heterocycles. The Labute approximate surface area is 130 Å². The summed E-state index contributed by atoms with van der Waals surface area (Å²) in [6.45, 7) is 4.41. The molecule has 2 rings (SSSR count). The summed E-state index contributed by atoms with van der Waals surface area (Å²) < 4.78 is 10.6. The minimum atomic E-state index is 0.375. The molecule has 1 aromatic carbocycles. The van der Waals surface area contributed by atoms with Crippen molar-refractivity contribution in [2.45, 2.75) is 32.4 Å². The van der Waals surface area contributed by atoms with Gasteiger partial charge in [-0.05, 0) is 49.4 Å². The van der Waals surface area contributed by atoms with Crippen LogP contribution in [0.15, 0.2) is 35.7 Å². The van der Waals surface area contributed by atoms with Crippen LogP contribution in [-0.2, 0) is 6.42 Å². The van der Waals surface area contributed by atoms with Gasteiger partial charge in [0.25, 0.3) is 0 Å². The van der Waals surface area contributed by atoms with Crippen LogP contribution < -0.4 is 14.8 Å². The van der Waals surface area contributed by atoms with Gasteiger partial charge in [0, 0.05) is 17.0 Å². The molecule has 2 atom stereocenters. The maximum Gasteiger partial charge on any atom is 0.160 e. The quantitative estimate of drug-likeness (QED) is 0.837. The molecule has 2 unspecified atom stereocenters. The molecule has 0 amide bonds. The Balaban J connectivity index is 1.97. The third-order valence-electron chi connectivity index (χ3n) is 3.49. The van der Waals surface area contributed by atoms with Crippen LogP contribution in [0.2, 0.25) is 0 Å². The maximum atomic E-state index is 5.35. The second-order valence-electron chi connectivity index (χ2n) is 5.20. The van der Waals surface area contributed by atoms with Crippen molar-refractivity contribution in [1.82, 2.24) is 5.32 Å². The van der Waals surface area contributed by atoms with Crippen LogP contribution in [0.1, 0.15) is 30.3 Å². The van der Waals surface area contributed by atoms with Crippen molar-refractivity contribution >= 4 is 11.3 Å². The van der Waals surface area contributed by atoms with E-state index in [4.69, 9.17) is 9.47 Å². The molecular formula is C17H23NO2S. The van der Waals surface area contributed by atoms with Crippen LogP contribution in [0, 0.1) is 0 Å². The molecular weight excluding hydrogens is 282 g/mol. The number of nitrogens with one attached hydrogen (secondary N) is 1. The van der Waals surface area contributed by atoms with E-state index in [-0.39, 0.29) is 0 Å². The summed E-state index contributed by atoms with van der Waals surface area (Å²) in [7, 11) is 3.33. The van der Waals surface area contributed by atoms with E-state index in [1.54, 1.807) is 25.6 Å². The minimum absolute atomic E-state index is 0.375. The first-order chi connectivity index (χ1) is 10.1. The van der Waals surface area contributed by atoms with Gasteiger partial charge in [-0.2, -0.15) is 0 Å². The number of benzene rings is 1. The number of thiophene rings is 1. The zero-order valence-electron chi connectivity index (χ0n) is 13.1. The number of rotatable bonds is 7. The molecule has 0 aliphatic carbocycles. The van der Waals surface area contributed by atoms with E-state index in [0.29, 0.717) is 12.1 Å². The Hall–Kier alpha value is -1.52. The fourth-order valence-electron chi connectivity index (χ4n) is 2.47. The van der Waals surface area contributed by atoms with Crippen molar-refractivity contribution in [2.24, 2.45) is 0 Å². The van der Waals surface area contributed by atoms with Gasteiger partial charge in [-0.3, -0.25) is 0 Å². The molecule has 3 nitrogen and oxygen atoms in total. The molecule has 0 radical (unpaired) electrons. The molecule has 0 fully saturated rings. The summed E-state index contributed by atoms with van der Waals surface area (Å²) in [4.78, 5) is 1.37. The van der Waals surface area contributed by atoms with Gasteiger partial charge in [-0.25, -0.2) is 0 Å². The Morgan fingerprint density at radius 2 is 1.86 bits per heavy atom. The van der Waals surface area contributed by atoms with Gasteiger partial charge in [0.2, 0.25) is 0 Å². The lowest BCUT2D eigenvalue weighted by atomic mass is 10.1. The Morgan fingerprint density at radius 1 is 1.10 bits per heavy atom. The van der Waals surface area contributed by atoms with E-state index in [0.717, 1.165) is 17.9 Å². The third kappa shape index (κ3) is 4.22. The highest BCUT2D eigenvalue weighted by Gasteiger charge is 2.12. The Bertz CT molecular complexity index is 554. The molecule has 0 saturated carbocycles. The van der Waals surface area contributed by atoms with Crippen LogP contribution in [0.25, 0.3) is 0 Å². The van der Waals surface area contributed by atoms with Crippen molar-refractivity contribution in [3.05, 3.63) is 46.2 Å². The van der Waals surface area contributed by atoms with E-state index in [1.165, 1.54) is 10.4 Å². The van der Waals surface area contributed by atoms with Crippen LogP contribution in [0.5, 0.6) is 11.5 Å². The lowest BCUT2D eigenvalue weighted by Gasteiger charge is -2.19. The summed E-state index contributed by atoms with van der Waals surface area (Å²) in [5.41, 5.74) is 1.24. The SMILES string of the molecule is COc1ccc(CC(C)NC(C)c2cccs2)cc1OC. The Morgan fingerprint density at radius 3 is 2.48 bits per heavy atom. The average molecular weight is 305 g/mol. The number of methoxy groups -OCH3 is 2. The van der Waals surface area contributed by atoms with E-state index >= 15 is 0 Å². The highest BCUT2D eigenvalue weighted by Crippen LogP contribution is 2.28. The second kappa shape index (κ2) is 7.48. The molecule has 114 valence electrons. The van der Waals surface area contributed by atoms with Crippen LogP contribution in [0.3, 0.4) is 0 Å². The standard InChI is InChI=1S/C17H23NO2S/c1-12(18-13(2)17-6-5-9-21-17)10-14-7-8-15(19-3)16(11-14)20-4/h5-9,11-13,18H,10H2,1-4H3. The van der Waals surface area contributed by atoms with E-state index in [1.807, 2.05) is 12.1 Å². The molecule has 21 heavy (non-hydrogen) atoms. The number of hydrogen-bond donors (Lipinski definition) is 1. The second-order valence-corrected chi connectivity index (χ2v) is 6.18. The first-order valence-electron chi connectivity index (χ1n) is 7.14. The predicted octanol–water partition coefficient (Wildman–Crippen LogP) is 4.05. The van der Waals surface area contributed by atoms with Gasteiger partial charge in [0.15, 0.2) is 11.5 Å². The van der Waals surface area contributed by atoms with Gasteiger partial charge in [-0.15, -0.1) is 11.3 Å². The van der Waals surface area contributed by atoms with E-state index < -0.39 is 0 Å². The van der Waals surface area contributed by atoms with Gasteiger partial charge in [0.1, 0.15) is 0 Å². The third-order valence-corrected chi connectivity index (χ3v) is 4.55. The first-order valence-corrected chi connectivity index (χ1v) is 8.02. The van der Waals surface area contributed by atoms with Crippen molar-refractivity contribution < 1.29 is 9.47 Å². The van der Waals surface area contributed by atoms with E-state index in [9.17, 15) is 0 Å². The lowest BCUT2D eigenvalue weighted by molar-refractivity contribution is 0.354. The average Bonchev–Trinajstić information content (AvgIpc) is 3.01. The molecule has 0 bridgehead atoms. The van der Waals surface area contributed by atoms with Crippen molar-refractivity contribution in [3.63, 3.8) is 0 Å². The zero-order chi connectivity index (χ0) is 15.2. The summed E-state index contributed by atoms with van der Waals surface area (Å²) in [5.74, 6) is 1.56.